The van der Waals surface area contributed by atoms with Gasteiger partial charge in [-0.2, -0.15) is 0 Å². The fourth-order valence-electron chi connectivity index (χ4n) is 0.457. The van der Waals surface area contributed by atoms with Crippen molar-refractivity contribution >= 4 is 20.1 Å². The highest BCUT2D eigenvalue weighted by Crippen LogP contribution is 2.13. The summed E-state index contributed by atoms with van der Waals surface area (Å²) < 4.78 is 6.19. The minimum absolute atomic E-state index is 1.06. The first-order chi connectivity index (χ1) is 3.84. The molecule has 0 atom stereocenters. The minimum Gasteiger partial charge on any atom is -0.325 e. The molecule has 8 heavy (non-hydrogen) atoms. The second-order valence-corrected chi connectivity index (χ2v) is 2.86. The summed E-state index contributed by atoms with van der Waals surface area (Å²) in [6.45, 7) is 0. The number of nitrogens with zero attached hydrogens (tertiary/aromatic N) is 2. The van der Waals surface area contributed by atoms with E-state index in [1.807, 2.05) is 23.8 Å². The zero-order valence-corrected chi connectivity index (χ0v) is 6.54. The molecule has 0 fully saturated rings. The fourth-order valence-corrected chi connectivity index (χ4v) is 1.90. The van der Waals surface area contributed by atoms with Gasteiger partial charge >= 0.3 is 0 Å². The van der Waals surface area contributed by atoms with Crippen molar-refractivity contribution in [3.8, 4) is 0 Å². The van der Waals surface area contributed by atoms with Gasteiger partial charge in [0.05, 0.1) is 14.3 Å². The normalized spacial score (nSPS) is 10.8. The van der Waals surface area contributed by atoms with Gasteiger partial charge < -0.3 is 4.57 Å². The monoisotopic (exact) mass is 146 g/mol. The van der Waals surface area contributed by atoms with Crippen molar-refractivity contribution in [1.29, 1.82) is 0 Å². The zero-order valence-electron chi connectivity index (χ0n) is 4.83. The maximum absolute atomic E-state index is 4.16. The summed E-state index contributed by atoms with van der Waals surface area (Å²) in [6, 6.07) is 0. The molecule has 2 nitrogen and oxygen atoms in total. The largest absolute Gasteiger partial charge is 0.325 e. The predicted octanol–water partition coefficient (Wildman–Crippen LogP) is 1.72. The number of hydrogen-bond donors (Lipinski definition) is 0. The SMILES string of the molecule is CSc1npcn1C. The first kappa shape index (κ1) is 6.12. The number of thioether (sulfide) groups is 1. The van der Waals surface area contributed by atoms with Gasteiger partial charge in [0.15, 0.2) is 5.16 Å². The first-order valence-electron chi connectivity index (χ1n) is 2.22. The van der Waals surface area contributed by atoms with Crippen molar-refractivity contribution in [1.82, 2.24) is 9.31 Å². The third kappa shape index (κ3) is 1.04. The molecule has 1 rings (SSSR count). The minimum atomic E-state index is 1.06. The van der Waals surface area contributed by atoms with Gasteiger partial charge in [0, 0.05) is 7.05 Å². The van der Waals surface area contributed by atoms with Gasteiger partial charge in [0.25, 0.3) is 0 Å². The van der Waals surface area contributed by atoms with E-state index in [4.69, 9.17) is 0 Å². The lowest BCUT2D eigenvalue weighted by Gasteiger charge is -1.91. The maximum Gasteiger partial charge on any atom is 0.172 e. The van der Waals surface area contributed by atoms with Crippen LogP contribution in [0.4, 0.5) is 0 Å². The second kappa shape index (κ2) is 2.51. The average Bonchev–Trinajstić information content (AvgIpc) is 2.14. The van der Waals surface area contributed by atoms with Crippen LogP contribution in [0.2, 0.25) is 0 Å². The van der Waals surface area contributed by atoms with Crippen LogP contribution in [0.15, 0.2) is 11.1 Å². The molecule has 0 bridgehead atoms. The van der Waals surface area contributed by atoms with E-state index >= 15 is 0 Å². The van der Waals surface area contributed by atoms with Crippen LogP contribution in [0.25, 0.3) is 0 Å². The Hall–Kier alpha value is -0.0100. The first-order valence-corrected chi connectivity index (χ1v) is 4.36. The van der Waals surface area contributed by atoms with Crippen molar-refractivity contribution in [2.45, 2.75) is 5.16 Å². The van der Waals surface area contributed by atoms with Crippen LogP contribution in [-0.4, -0.2) is 15.6 Å². The molecule has 0 amide bonds. The number of rotatable bonds is 1. The summed E-state index contributed by atoms with van der Waals surface area (Å²) in [5.74, 6) is 2.03. The molecule has 0 aliphatic carbocycles. The molecule has 0 spiro atoms. The van der Waals surface area contributed by atoms with Crippen molar-refractivity contribution in [3.63, 3.8) is 0 Å². The second-order valence-electron chi connectivity index (χ2n) is 1.43. The molecule has 1 heterocycles. The summed E-state index contributed by atoms with van der Waals surface area (Å²) in [5, 5.41) is 1.10. The number of aryl methyl sites for hydroxylation is 1. The smallest absolute Gasteiger partial charge is 0.172 e. The summed E-state index contributed by atoms with van der Waals surface area (Å²) in [6.07, 6.45) is 2.03. The van der Waals surface area contributed by atoms with E-state index in [1.165, 1.54) is 0 Å². The molecular weight excluding hydrogens is 139 g/mol. The van der Waals surface area contributed by atoms with E-state index in [1.54, 1.807) is 11.8 Å². The van der Waals surface area contributed by atoms with Crippen LogP contribution >= 0.6 is 20.1 Å². The Balaban J connectivity index is 2.92. The molecule has 0 aromatic carbocycles. The summed E-state index contributed by atoms with van der Waals surface area (Å²) >= 11 is 1.68. The van der Waals surface area contributed by atoms with Crippen LogP contribution in [0, 0.1) is 0 Å². The third-order valence-corrected chi connectivity index (χ3v) is 2.49. The number of aromatic nitrogens is 2. The highest BCUT2D eigenvalue weighted by atomic mass is 32.2. The highest BCUT2D eigenvalue weighted by molar-refractivity contribution is 7.98. The fraction of sp³-hybridized carbons (Fsp3) is 0.500. The van der Waals surface area contributed by atoms with Gasteiger partial charge in [-0.15, -0.1) is 0 Å². The molecule has 4 heteroatoms. The zero-order chi connectivity index (χ0) is 5.98. The predicted molar refractivity (Wildman–Crippen MR) is 37.5 cm³/mol. The van der Waals surface area contributed by atoms with Gasteiger partial charge in [-0.3, -0.25) is 0 Å². The molecule has 0 unspecified atom stereocenters. The van der Waals surface area contributed by atoms with E-state index in [0.717, 1.165) is 13.5 Å². The van der Waals surface area contributed by atoms with E-state index in [-0.39, 0.29) is 0 Å². The third-order valence-electron chi connectivity index (χ3n) is 0.852. The molecular formula is C4H7N2PS. The summed E-state index contributed by atoms with van der Waals surface area (Å²) in [7, 11) is 3.07. The summed E-state index contributed by atoms with van der Waals surface area (Å²) in [5.41, 5.74) is 0. The van der Waals surface area contributed by atoms with Gasteiger partial charge in [0.1, 0.15) is 0 Å². The molecule has 0 aliphatic rings. The van der Waals surface area contributed by atoms with Crippen LogP contribution in [0.3, 0.4) is 0 Å². The van der Waals surface area contributed by atoms with E-state index in [0.29, 0.717) is 0 Å². The van der Waals surface area contributed by atoms with E-state index in [2.05, 4.69) is 4.75 Å². The average molecular weight is 146 g/mol. The molecule has 0 aliphatic heterocycles. The van der Waals surface area contributed by atoms with Gasteiger partial charge in [0.2, 0.25) is 0 Å². The highest BCUT2D eigenvalue weighted by Gasteiger charge is 1.92. The molecule has 44 valence electrons. The lowest BCUT2D eigenvalue weighted by molar-refractivity contribution is 0.792. The Morgan fingerprint density at radius 3 is 2.88 bits per heavy atom. The van der Waals surface area contributed by atoms with Gasteiger partial charge in [-0.1, -0.05) is 11.8 Å². The molecule has 0 N–H and O–H groups in total. The van der Waals surface area contributed by atoms with Gasteiger partial charge in [-0.25, -0.2) is 4.75 Å². The van der Waals surface area contributed by atoms with Crippen molar-refractivity contribution in [3.05, 3.63) is 5.93 Å². The van der Waals surface area contributed by atoms with E-state index in [9.17, 15) is 0 Å². The Morgan fingerprint density at radius 2 is 2.62 bits per heavy atom. The van der Waals surface area contributed by atoms with Crippen LogP contribution in [0.1, 0.15) is 0 Å². The van der Waals surface area contributed by atoms with Crippen molar-refractivity contribution in [2.24, 2.45) is 7.05 Å². The lowest BCUT2D eigenvalue weighted by atomic mass is 11.1. The van der Waals surface area contributed by atoms with Crippen LogP contribution < -0.4 is 0 Å². The molecule has 1 aromatic heterocycles. The maximum atomic E-state index is 4.16. The van der Waals surface area contributed by atoms with E-state index < -0.39 is 0 Å². The van der Waals surface area contributed by atoms with Gasteiger partial charge in [-0.05, 0) is 6.26 Å². The summed E-state index contributed by atoms with van der Waals surface area (Å²) in [4.78, 5) is 0. The lowest BCUT2D eigenvalue weighted by Crippen LogP contribution is -1.85. The Labute approximate surface area is 54.5 Å². The molecule has 1 aromatic rings. The topological polar surface area (TPSA) is 17.8 Å². The standard InChI is InChI=1S/C4H7N2PS/c1-6-3-7-5-4(6)8-2/h3H,1-2H3. The Kier molecular flexibility index (Phi) is 1.92. The Bertz CT molecular complexity index is 174. The molecule has 0 radical (unpaired) electrons. The van der Waals surface area contributed by atoms with Crippen molar-refractivity contribution < 1.29 is 0 Å². The van der Waals surface area contributed by atoms with Crippen LogP contribution in [0.5, 0.6) is 0 Å². The molecule has 0 saturated heterocycles. The van der Waals surface area contributed by atoms with Crippen molar-refractivity contribution in [2.75, 3.05) is 6.26 Å². The quantitative estimate of drug-likeness (QED) is 0.561. The van der Waals surface area contributed by atoms with Crippen LogP contribution in [-0.2, 0) is 7.05 Å². The molecule has 0 saturated carbocycles. The Morgan fingerprint density at radius 1 is 1.88 bits per heavy atom. The number of hydrogen-bond acceptors (Lipinski definition) is 2.